The number of amides is 1. The van der Waals surface area contributed by atoms with Crippen LogP contribution in [0.25, 0.3) is 16.5 Å². The van der Waals surface area contributed by atoms with Crippen LogP contribution in [0.5, 0.6) is 0 Å². The largest absolute Gasteiger partial charge is 0.392 e. The Hall–Kier alpha value is -2.37. The molecule has 1 aliphatic rings. The maximum atomic E-state index is 12.9. The van der Waals surface area contributed by atoms with Crippen LogP contribution < -0.4 is 5.32 Å². The molecule has 0 saturated heterocycles. The number of nitrogens with zero attached hydrogens (tertiary/aromatic N) is 1. The number of fused-ring (bicyclic) bond motifs is 1. The topological polar surface area (TPSA) is 42.0 Å². The van der Waals surface area contributed by atoms with Gasteiger partial charge in [-0.3, -0.25) is 9.78 Å². The van der Waals surface area contributed by atoms with Crippen LogP contribution in [-0.4, -0.2) is 23.6 Å². The number of carbonyl (C=O) groups is 1. The van der Waals surface area contributed by atoms with Gasteiger partial charge in [-0.25, -0.2) is 0 Å². The van der Waals surface area contributed by atoms with Crippen LogP contribution in [-0.2, 0) is 0 Å². The summed E-state index contributed by atoms with van der Waals surface area (Å²) in [5.74, 6) is -1.42. The summed E-state index contributed by atoms with van der Waals surface area (Å²) in [5, 5.41) is 3.68. The Morgan fingerprint density at radius 3 is 2.66 bits per heavy atom. The van der Waals surface area contributed by atoms with E-state index in [-0.39, 0.29) is 18.7 Å². The molecule has 1 aromatic carbocycles. The van der Waals surface area contributed by atoms with Gasteiger partial charge in [0, 0.05) is 23.7 Å². The van der Waals surface area contributed by atoms with Crippen molar-refractivity contribution in [2.24, 2.45) is 5.92 Å². The maximum Gasteiger partial charge on any atom is 0.392 e. The molecule has 3 rings (SSSR count). The van der Waals surface area contributed by atoms with Crippen molar-refractivity contribution in [3.05, 3.63) is 47.7 Å². The summed E-state index contributed by atoms with van der Waals surface area (Å²) in [4.78, 5) is 16.7. The highest BCUT2D eigenvalue weighted by atomic mass is 19.4. The van der Waals surface area contributed by atoms with Gasteiger partial charge in [0.25, 0.3) is 5.91 Å². The minimum absolute atomic E-state index is 0.00708. The molecule has 1 atom stereocenters. The lowest BCUT2D eigenvalue weighted by atomic mass is 9.85. The van der Waals surface area contributed by atoms with Crippen molar-refractivity contribution in [1.82, 2.24) is 10.3 Å². The van der Waals surface area contributed by atoms with E-state index in [1.165, 1.54) is 6.20 Å². The van der Waals surface area contributed by atoms with E-state index < -0.39 is 12.1 Å². The second-order valence-corrected chi connectivity index (χ2v) is 6.95. The molecule has 3 nitrogen and oxygen atoms in total. The van der Waals surface area contributed by atoms with Gasteiger partial charge in [0.1, 0.15) is 0 Å². The zero-order valence-corrected chi connectivity index (χ0v) is 17.3. The van der Waals surface area contributed by atoms with Crippen LogP contribution >= 0.6 is 0 Å². The van der Waals surface area contributed by atoms with Gasteiger partial charge in [-0.15, -0.1) is 0 Å². The first-order valence-corrected chi connectivity index (χ1v) is 10.3. The van der Waals surface area contributed by atoms with E-state index in [0.29, 0.717) is 18.5 Å². The number of allylic oxidation sites excluding steroid dienone is 2. The van der Waals surface area contributed by atoms with Crippen LogP contribution in [0.3, 0.4) is 0 Å². The zero-order chi connectivity index (χ0) is 21.4. The number of unbranched alkanes of at least 4 members (excludes halogenated alkanes) is 1. The fourth-order valence-electron chi connectivity index (χ4n) is 3.40. The van der Waals surface area contributed by atoms with Gasteiger partial charge in [-0.05, 0) is 37.3 Å². The average Bonchev–Trinajstić information content (AvgIpc) is 2.74. The van der Waals surface area contributed by atoms with E-state index in [2.05, 4.69) is 17.2 Å². The Bertz CT molecular complexity index is 859. The smallest absolute Gasteiger partial charge is 0.352 e. The molecule has 1 heterocycles. The summed E-state index contributed by atoms with van der Waals surface area (Å²) < 4.78 is 38.6. The number of aromatic nitrogens is 1. The quantitative estimate of drug-likeness (QED) is 0.573. The Kier molecular flexibility index (Phi) is 8.23. The highest BCUT2D eigenvalue weighted by Gasteiger charge is 2.39. The molecule has 0 fully saturated rings. The molecule has 0 spiro atoms. The third kappa shape index (κ3) is 5.81. The average molecular weight is 406 g/mol. The van der Waals surface area contributed by atoms with Crippen LogP contribution in [0, 0.1) is 5.92 Å². The molecule has 1 N–H and O–H groups in total. The summed E-state index contributed by atoms with van der Waals surface area (Å²) >= 11 is 0. The van der Waals surface area contributed by atoms with E-state index in [1.54, 1.807) is 12.1 Å². The molecule has 29 heavy (non-hydrogen) atoms. The summed E-state index contributed by atoms with van der Waals surface area (Å²) in [6.07, 6.45) is 1.49. The molecule has 0 bridgehead atoms. The monoisotopic (exact) mass is 406 g/mol. The van der Waals surface area contributed by atoms with Crippen molar-refractivity contribution in [2.45, 2.75) is 59.1 Å². The number of hydrogen-bond donors (Lipinski definition) is 1. The van der Waals surface area contributed by atoms with Crippen LogP contribution in [0.15, 0.2) is 36.5 Å². The van der Waals surface area contributed by atoms with Crippen LogP contribution in [0.4, 0.5) is 13.2 Å². The van der Waals surface area contributed by atoms with E-state index in [1.807, 2.05) is 32.0 Å². The second-order valence-electron chi connectivity index (χ2n) is 6.95. The minimum Gasteiger partial charge on any atom is -0.352 e. The Morgan fingerprint density at radius 1 is 1.28 bits per heavy atom. The number of alkyl halides is 3. The molecular formula is C23H29F3N2O. The molecule has 1 aliphatic carbocycles. The van der Waals surface area contributed by atoms with E-state index >= 15 is 0 Å². The molecule has 0 aliphatic heterocycles. The number of para-hydroxylation sites is 1. The first-order chi connectivity index (χ1) is 13.9. The van der Waals surface area contributed by atoms with Gasteiger partial charge < -0.3 is 5.32 Å². The Balaban J connectivity index is 0.00000145. The SMILES string of the molecule is CC.CCCCNC(=O)c1cnc2c(C3=CCC(C(F)(F)F)CC3)cccc2c1. The molecule has 2 aromatic rings. The van der Waals surface area contributed by atoms with Gasteiger partial charge in [0.15, 0.2) is 0 Å². The predicted octanol–water partition coefficient (Wildman–Crippen LogP) is 6.54. The van der Waals surface area contributed by atoms with Crippen molar-refractivity contribution < 1.29 is 18.0 Å². The van der Waals surface area contributed by atoms with E-state index in [9.17, 15) is 18.0 Å². The zero-order valence-electron chi connectivity index (χ0n) is 17.3. The summed E-state index contributed by atoms with van der Waals surface area (Å²) in [6, 6.07) is 7.40. The van der Waals surface area contributed by atoms with E-state index in [0.717, 1.165) is 34.9 Å². The van der Waals surface area contributed by atoms with E-state index in [4.69, 9.17) is 0 Å². The third-order valence-corrected chi connectivity index (χ3v) is 5.01. The number of rotatable bonds is 5. The lowest BCUT2D eigenvalue weighted by Gasteiger charge is -2.24. The molecule has 1 unspecified atom stereocenters. The summed E-state index contributed by atoms with van der Waals surface area (Å²) in [5.41, 5.74) is 2.96. The van der Waals surface area contributed by atoms with Crippen molar-refractivity contribution >= 4 is 22.4 Å². The molecule has 1 amide bonds. The van der Waals surface area contributed by atoms with Crippen LogP contribution in [0.2, 0.25) is 0 Å². The highest BCUT2D eigenvalue weighted by molar-refractivity contribution is 5.99. The number of benzene rings is 1. The number of pyridine rings is 1. The van der Waals surface area contributed by atoms with Gasteiger partial charge >= 0.3 is 6.18 Å². The number of halogens is 3. The first kappa shape index (κ1) is 22.9. The first-order valence-electron chi connectivity index (χ1n) is 10.3. The fourth-order valence-corrected chi connectivity index (χ4v) is 3.40. The lowest BCUT2D eigenvalue weighted by molar-refractivity contribution is -0.175. The maximum absolute atomic E-state index is 12.9. The summed E-state index contributed by atoms with van der Waals surface area (Å²) in [6.45, 7) is 6.68. The molecule has 0 radical (unpaired) electrons. The highest BCUT2D eigenvalue weighted by Crippen LogP contribution is 2.40. The normalized spacial score (nSPS) is 16.6. The number of hydrogen-bond acceptors (Lipinski definition) is 2. The van der Waals surface area contributed by atoms with Crippen molar-refractivity contribution in [3.8, 4) is 0 Å². The minimum atomic E-state index is -4.14. The van der Waals surface area contributed by atoms with Gasteiger partial charge in [-0.1, -0.05) is 51.5 Å². The molecule has 0 saturated carbocycles. The summed E-state index contributed by atoms with van der Waals surface area (Å²) in [7, 11) is 0. The fraction of sp³-hybridized carbons (Fsp3) is 0.478. The number of carbonyl (C=O) groups excluding carboxylic acids is 1. The molecular weight excluding hydrogens is 377 g/mol. The van der Waals surface area contributed by atoms with Crippen molar-refractivity contribution in [2.75, 3.05) is 6.54 Å². The predicted molar refractivity (Wildman–Crippen MR) is 112 cm³/mol. The lowest BCUT2D eigenvalue weighted by Crippen LogP contribution is -2.24. The van der Waals surface area contributed by atoms with Crippen molar-refractivity contribution in [3.63, 3.8) is 0 Å². The molecule has 1 aromatic heterocycles. The molecule has 158 valence electrons. The third-order valence-electron chi connectivity index (χ3n) is 5.01. The Labute approximate surface area is 170 Å². The van der Waals surface area contributed by atoms with Gasteiger partial charge in [0.2, 0.25) is 0 Å². The van der Waals surface area contributed by atoms with Crippen molar-refractivity contribution in [1.29, 1.82) is 0 Å². The van der Waals surface area contributed by atoms with Crippen LogP contribution in [0.1, 0.15) is 68.8 Å². The number of nitrogens with one attached hydrogen (secondary N) is 1. The second kappa shape index (κ2) is 10.4. The van der Waals surface area contributed by atoms with Gasteiger partial charge in [0.05, 0.1) is 17.0 Å². The molecule has 6 heteroatoms. The van der Waals surface area contributed by atoms with Gasteiger partial charge in [-0.2, -0.15) is 13.2 Å². The Morgan fingerprint density at radius 2 is 2.03 bits per heavy atom. The standard InChI is InChI=1S/C21H23F3N2O.C2H6/c1-2-3-11-25-20(27)16-12-15-5-4-6-18(19(15)26-13-16)14-7-9-17(10-8-14)21(22,23)24;1-2/h4-7,12-13,17H,2-3,8-11H2,1H3,(H,25,27);1-2H3.